The molecule has 110 heavy (non-hydrogen) atoms. The smallest absolute Gasteiger partial charge is 0.399 e. The molecule has 5 saturated heterocycles. The largest absolute Gasteiger partial charge is 0.496 e. The number of rotatable bonds is 14. The first-order valence-corrected chi connectivity index (χ1v) is 38.7. The monoisotopic (exact) mass is 1560 g/mol. The highest BCUT2D eigenvalue weighted by molar-refractivity contribution is 9.10. The van der Waals surface area contributed by atoms with Crippen LogP contribution < -0.4 is 48.1 Å². The maximum atomic E-state index is 15.4. The number of hydrogen-bond donors (Lipinski definition) is 2. The number of nitrogens with one attached hydrogen (secondary N) is 2. The summed E-state index contributed by atoms with van der Waals surface area (Å²) in [5, 5.41) is 6.35. The van der Waals surface area contributed by atoms with Crippen molar-refractivity contribution in [1.29, 1.82) is 0 Å². The number of ether oxygens (including phenoxy) is 2. The number of piperazine rings is 2. The fraction of sp³-hybridized carbons (Fsp3) is 0.415. The van der Waals surface area contributed by atoms with Gasteiger partial charge < -0.3 is 57.2 Å². The lowest BCUT2D eigenvalue weighted by molar-refractivity contribution is -0.0828. The van der Waals surface area contributed by atoms with Gasteiger partial charge >= 0.3 is 7.12 Å². The Kier molecular flexibility index (Phi) is 21.0. The number of benzene rings is 2. The minimum atomic E-state index is -0.618. The molecular weight excluding hydrogens is 1470 g/mol. The van der Waals surface area contributed by atoms with Crippen molar-refractivity contribution in [3.05, 3.63) is 214 Å². The zero-order valence-corrected chi connectivity index (χ0v) is 65.2. The average Bonchev–Trinajstić information content (AvgIpc) is 1.51. The molecule has 0 amide bonds. The van der Waals surface area contributed by atoms with Crippen LogP contribution in [0.1, 0.15) is 124 Å². The van der Waals surface area contributed by atoms with Crippen LogP contribution in [-0.4, -0.2) is 167 Å². The number of pyridine rings is 4. The molecule has 2 aliphatic carbocycles. The van der Waals surface area contributed by atoms with Crippen molar-refractivity contribution in [2.75, 3.05) is 73.0 Å². The molecule has 7 aliphatic rings. The van der Waals surface area contributed by atoms with E-state index in [4.69, 9.17) is 18.8 Å². The van der Waals surface area contributed by atoms with E-state index in [9.17, 15) is 33.2 Å². The van der Waals surface area contributed by atoms with Crippen LogP contribution in [0.3, 0.4) is 0 Å². The van der Waals surface area contributed by atoms with Crippen molar-refractivity contribution < 1.29 is 37.2 Å². The van der Waals surface area contributed by atoms with E-state index in [0.29, 0.717) is 87.2 Å². The van der Waals surface area contributed by atoms with Crippen LogP contribution in [0.5, 0.6) is 0 Å². The molecule has 4 atom stereocenters. The maximum absolute atomic E-state index is 15.4. The van der Waals surface area contributed by atoms with Gasteiger partial charge in [0, 0.05) is 134 Å². The van der Waals surface area contributed by atoms with E-state index in [2.05, 4.69) is 89.9 Å². The fourth-order valence-corrected chi connectivity index (χ4v) is 17.0. The van der Waals surface area contributed by atoms with Gasteiger partial charge in [-0.1, -0.05) is 0 Å². The highest BCUT2D eigenvalue weighted by Crippen LogP contribution is 2.38. The first kappa shape index (κ1) is 75.7. The lowest BCUT2D eigenvalue weighted by Gasteiger charge is -2.50. The molecule has 10 aromatic rings. The number of aldehydes is 2. The number of halogens is 3. The van der Waals surface area contributed by atoms with Gasteiger partial charge in [-0.2, -0.15) is 0 Å². The molecule has 17 rings (SSSR count). The third-order valence-electron chi connectivity index (χ3n) is 23.4. The normalized spacial score (nSPS) is 20.6. The molecule has 28 heteroatoms. The lowest BCUT2D eigenvalue weighted by atomic mass is 9.80. The molecule has 2 aromatic carbocycles. The summed E-state index contributed by atoms with van der Waals surface area (Å²) in [5.41, 5.74) is 8.70. The molecule has 13 heterocycles. The second-order valence-corrected chi connectivity index (χ2v) is 32.2. The molecular formula is C82H92BBrF2N14O10. The minimum Gasteiger partial charge on any atom is -0.399 e. The van der Waals surface area contributed by atoms with Gasteiger partial charge in [-0.25, -0.2) is 18.7 Å². The lowest BCUT2D eigenvalue weighted by Crippen LogP contribution is -2.63. The number of aryl methyl sites for hydroxylation is 6. The third-order valence-corrected chi connectivity index (χ3v) is 24.1. The summed E-state index contributed by atoms with van der Waals surface area (Å²) < 4.78 is 62.1. The molecule has 0 spiro atoms. The molecule has 8 aromatic heterocycles. The number of anilines is 6. The summed E-state index contributed by atoms with van der Waals surface area (Å²) >= 11 is 3.18. The number of fused-ring (bicyclic) bond motifs is 6. The summed E-state index contributed by atoms with van der Waals surface area (Å²) in [4.78, 5) is 96.1. The van der Waals surface area contributed by atoms with Crippen molar-refractivity contribution in [1.82, 2.24) is 46.8 Å². The second-order valence-electron chi connectivity index (χ2n) is 31.3. The van der Waals surface area contributed by atoms with Gasteiger partial charge in [0.05, 0.1) is 90.4 Å². The molecule has 0 saturated carbocycles. The van der Waals surface area contributed by atoms with Crippen molar-refractivity contribution in [2.24, 2.45) is 14.1 Å². The highest BCUT2D eigenvalue weighted by Gasteiger charge is 2.52. The number of carbonyl (C=O) groups excluding carboxylic acids is 2. The average molecular weight is 1560 g/mol. The van der Waals surface area contributed by atoms with E-state index in [-0.39, 0.29) is 56.0 Å². The van der Waals surface area contributed by atoms with Gasteiger partial charge in [0.2, 0.25) is 0 Å². The van der Waals surface area contributed by atoms with E-state index in [0.717, 1.165) is 132 Å². The van der Waals surface area contributed by atoms with Gasteiger partial charge in [0.25, 0.3) is 22.2 Å². The van der Waals surface area contributed by atoms with Gasteiger partial charge in [-0.15, -0.1) is 0 Å². The van der Waals surface area contributed by atoms with Crippen LogP contribution in [0.2, 0.25) is 0 Å². The SMILES string of the molecule is C[C@@H]1CN(c2ccc(Nc3cc(-c4cc(F)cc(-n5ccn6c7c(cc6c5=O)CCCC7)c4C=O)cn(C)c3=O)nc2)[C@@H](C)CN1C1COC1.C[C@@H]1CN(c2ccc(Nc3cc(B4OC(C)(C)C(C)(C)O4)cn(C)c3=O)nc2)[C@@H](C)CN1C1COC1.O=Cc1c(Br)cc(F)cc1-n1ccn2c3c(cc2c1=O)CCCC3. The molecule has 5 fully saturated rings. The van der Waals surface area contributed by atoms with E-state index in [1.54, 1.807) is 68.0 Å². The van der Waals surface area contributed by atoms with Gasteiger partial charge in [-0.05, 0) is 212 Å². The predicted octanol–water partition coefficient (Wildman–Crippen LogP) is 10.5. The van der Waals surface area contributed by atoms with Gasteiger partial charge in [0.15, 0.2) is 12.6 Å². The van der Waals surface area contributed by atoms with Crippen LogP contribution in [0.25, 0.3) is 33.5 Å². The number of carbonyl (C=O) groups is 2. The Labute approximate surface area is 644 Å². The van der Waals surface area contributed by atoms with E-state index in [1.165, 1.54) is 49.2 Å². The summed E-state index contributed by atoms with van der Waals surface area (Å²) in [6.45, 7) is 24.1. The molecule has 5 aliphatic heterocycles. The number of aromatic nitrogens is 8. The topological polar surface area (TPSA) is 231 Å². The Bertz CT molecular complexity index is 5440. The Morgan fingerprint density at radius 2 is 0.991 bits per heavy atom. The third kappa shape index (κ3) is 14.5. The van der Waals surface area contributed by atoms with Crippen LogP contribution in [-0.2, 0) is 58.6 Å². The summed E-state index contributed by atoms with van der Waals surface area (Å²) in [5.74, 6) is -0.0379. The Morgan fingerprint density at radius 1 is 0.536 bits per heavy atom. The van der Waals surface area contributed by atoms with E-state index in [1.807, 2.05) is 79.2 Å². The highest BCUT2D eigenvalue weighted by atomic mass is 79.9. The van der Waals surface area contributed by atoms with Crippen LogP contribution in [0, 0.1) is 11.6 Å². The van der Waals surface area contributed by atoms with E-state index < -0.39 is 30.0 Å². The Hall–Kier alpha value is -9.68. The summed E-state index contributed by atoms with van der Waals surface area (Å²) in [7, 11) is 2.78. The summed E-state index contributed by atoms with van der Waals surface area (Å²) in [6, 6.07) is 22.5. The zero-order chi connectivity index (χ0) is 77.4. The zero-order valence-electron chi connectivity index (χ0n) is 63.6. The first-order chi connectivity index (χ1) is 52.7. The predicted molar refractivity (Wildman–Crippen MR) is 426 cm³/mol. The molecule has 0 unspecified atom stereocenters. The summed E-state index contributed by atoms with van der Waals surface area (Å²) in [6.07, 6.45) is 23.2. The quantitative estimate of drug-likeness (QED) is 0.0761. The Balaban J connectivity index is 0.000000140. The number of hydrogen-bond acceptors (Lipinski definition) is 18. The first-order valence-electron chi connectivity index (χ1n) is 37.9. The van der Waals surface area contributed by atoms with Crippen molar-refractivity contribution in [3.63, 3.8) is 0 Å². The molecule has 574 valence electrons. The molecule has 0 radical (unpaired) electrons. The van der Waals surface area contributed by atoms with Crippen molar-refractivity contribution in [3.8, 4) is 22.5 Å². The minimum absolute atomic E-state index is 0.132. The van der Waals surface area contributed by atoms with Gasteiger partial charge in [0.1, 0.15) is 45.7 Å². The van der Waals surface area contributed by atoms with Crippen molar-refractivity contribution >= 4 is 86.5 Å². The molecule has 2 N–H and O–H groups in total. The fourth-order valence-electron chi connectivity index (χ4n) is 16.5. The van der Waals surface area contributed by atoms with Crippen LogP contribution in [0.4, 0.5) is 43.2 Å². The molecule has 0 bridgehead atoms. The molecule has 24 nitrogen and oxygen atoms in total. The van der Waals surface area contributed by atoms with Crippen LogP contribution in [0.15, 0.2) is 146 Å². The van der Waals surface area contributed by atoms with E-state index >= 15 is 4.39 Å². The Morgan fingerprint density at radius 3 is 1.45 bits per heavy atom. The maximum Gasteiger partial charge on any atom is 0.496 e. The van der Waals surface area contributed by atoms with Crippen molar-refractivity contribution in [2.45, 2.75) is 154 Å². The number of nitrogens with zero attached hydrogens (tertiary/aromatic N) is 12. The van der Waals surface area contributed by atoms with Crippen LogP contribution >= 0.6 is 15.9 Å². The van der Waals surface area contributed by atoms with Gasteiger partial charge in [-0.3, -0.25) is 47.7 Å². The second kappa shape index (κ2) is 30.5. The standard InChI is InChI=1S/C38H40FN7O4.C26H38BN5O4.C18H14BrFN2O2/c1-23-18-46(29-21-50-22-29)24(2)17-45(23)28-8-9-36(40-16-28)41-32-12-26(19-42(3)37(32)48)30-14-27(39)15-34(31(30)20-47)44-11-10-43-33-7-5-4-6-25(33)13-35(43)38(44)49;1-17-13-32(21-15-34-16-21)18(2)12-31(17)20-8-9-23(28-11-20)29-22-10-19(14-30(7)24(22)33)27-35-25(3,4)26(5,6)36-27;19-14-8-12(20)9-16(13(14)10-23)22-6-5-21-15-4-2-1-3-11(15)7-17(21)18(22)24/h8-16,19-20,23-24,29H,4-7,17-18,21-22H2,1-3H3,(H,40,41);8-11,14,17-18,21H,12-13,15-16H2,1-7H3,(H,28,29);5-10H,1-4H2/t23-,24+;17-,18+;/m00./s1.